The first-order valence-corrected chi connectivity index (χ1v) is 5.99. The molecular formula is C12H23NO. The van der Waals surface area contributed by atoms with Crippen LogP contribution >= 0.6 is 0 Å². The molecule has 1 fully saturated rings. The highest BCUT2D eigenvalue weighted by Crippen LogP contribution is 2.28. The van der Waals surface area contributed by atoms with Crippen LogP contribution in [0.4, 0.5) is 0 Å². The van der Waals surface area contributed by atoms with Gasteiger partial charge in [-0.3, -0.25) is 4.79 Å². The summed E-state index contributed by atoms with van der Waals surface area (Å²) in [6.45, 7) is 5.07. The van der Waals surface area contributed by atoms with Gasteiger partial charge in [-0.1, -0.05) is 26.2 Å². The van der Waals surface area contributed by atoms with Crippen molar-refractivity contribution in [2.24, 2.45) is 11.8 Å². The number of hydrogen-bond donors (Lipinski definition) is 1. The number of carbonyl (C=O) groups is 1. The maximum atomic E-state index is 11.4. The molecule has 0 saturated heterocycles. The Labute approximate surface area is 87.5 Å². The Balaban J connectivity index is 2.26. The molecule has 0 aromatic rings. The largest absolute Gasteiger partial charge is 0.356 e. The summed E-state index contributed by atoms with van der Waals surface area (Å²) in [4.78, 5) is 11.4. The zero-order valence-corrected chi connectivity index (χ0v) is 9.51. The van der Waals surface area contributed by atoms with Crippen LogP contribution in [0.1, 0.15) is 52.4 Å². The van der Waals surface area contributed by atoms with Crippen molar-refractivity contribution >= 4 is 5.91 Å². The Morgan fingerprint density at radius 2 is 2.07 bits per heavy atom. The number of amides is 1. The first-order valence-electron chi connectivity index (χ1n) is 5.99. The van der Waals surface area contributed by atoms with Crippen LogP contribution in [0.25, 0.3) is 0 Å². The van der Waals surface area contributed by atoms with Crippen molar-refractivity contribution in [3.05, 3.63) is 0 Å². The molecule has 1 amide bonds. The number of rotatable bonds is 3. The van der Waals surface area contributed by atoms with Gasteiger partial charge in [0.15, 0.2) is 0 Å². The van der Waals surface area contributed by atoms with E-state index in [1.807, 2.05) is 6.92 Å². The molecule has 0 aliphatic heterocycles. The van der Waals surface area contributed by atoms with E-state index in [1.54, 1.807) is 0 Å². The molecule has 0 aromatic heterocycles. The quantitative estimate of drug-likeness (QED) is 0.692. The summed E-state index contributed by atoms with van der Waals surface area (Å²) in [7, 11) is 0. The Hall–Kier alpha value is -0.530. The molecule has 2 unspecified atom stereocenters. The fraction of sp³-hybridized carbons (Fsp3) is 0.917. The van der Waals surface area contributed by atoms with Crippen molar-refractivity contribution in [1.82, 2.24) is 5.32 Å². The molecule has 2 atom stereocenters. The van der Waals surface area contributed by atoms with E-state index in [2.05, 4.69) is 12.2 Å². The molecule has 1 saturated carbocycles. The Morgan fingerprint density at radius 1 is 1.29 bits per heavy atom. The van der Waals surface area contributed by atoms with Gasteiger partial charge in [0.1, 0.15) is 0 Å². The van der Waals surface area contributed by atoms with Gasteiger partial charge in [-0.25, -0.2) is 0 Å². The summed E-state index contributed by atoms with van der Waals surface area (Å²) in [5.74, 6) is 1.76. The van der Waals surface area contributed by atoms with Gasteiger partial charge in [-0.05, 0) is 31.6 Å². The molecule has 1 aliphatic carbocycles. The third kappa shape index (κ3) is 4.12. The summed E-state index contributed by atoms with van der Waals surface area (Å²) in [5, 5.41) is 2.89. The smallest absolute Gasteiger partial charge is 0.220 e. The first-order chi connectivity index (χ1) is 6.72. The second-order valence-corrected chi connectivity index (χ2v) is 4.64. The third-order valence-corrected chi connectivity index (χ3v) is 3.23. The first kappa shape index (κ1) is 11.5. The van der Waals surface area contributed by atoms with Crippen LogP contribution in [0, 0.1) is 11.8 Å². The van der Waals surface area contributed by atoms with Gasteiger partial charge in [0, 0.05) is 13.0 Å². The molecule has 0 aromatic carbocycles. The molecular weight excluding hydrogens is 174 g/mol. The van der Waals surface area contributed by atoms with Crippen LogP contribution < -0.4 is 5.32 Å². The number of carbonyl (C=O) groups excluding carboxylic acids is 1. The Kier molecular flexibility index (Phi) is 4.99. The minimum atomic E-state index is 0.243. The van der Waals surface area contributed by atoms with Crippen molar-refractivity contribution in [2.75, 3.05) is 6.54 Å². The average Bonchev–Trinajstić information content (AvgIpc) is 2.32. The average molecular weight is 197 g/mol. The molecule has 1 aliphatic rings. The van der Waals surface area contributed by atoms with Crippen molar-refractivity contribution in [2.45, 2.75) is 52.4 Å². The van der Waals surface area contributed by atoms with Gasteiger partial charge >= 0.3 is 0 Å². The van der Waals surface area contributed by atoms with Crippen LogP contribution in [0.3, 0.4) is 0 Å². The van der Waals surface area contributed by atoms with Gasteiger partial charge in [-0.15, -0.1) is 0 Å². The topological polar surface area (TPSA) is 29.1 Å². The zero-order chi connectivity index (χ0) is 10.4. The van der Waals surface area contributed by atoms with E-state index in [0.29, 0.717) is 5.92 Å². The molecule has 2 heteroatoms. The Morgan fingerprint density at radius 3 is 2.79 bits per heavy atom. The second-order valence-electron chi connectivity index (χ2n) is 4.64. The number of nitrogens with one attached hydrogen (secondary N) is 1. The lowest BCUT2D eigenvalue weighted by Crippen LogP contribution is -2.25. The highest BCUT2D eigenvalue weighted by atomic mass is 16.1. The van der Waals surface area contributed by atoms with Crippen molar-refractivity contribution < 1.29 is 4.79 Å². The van der Waals surface area contributed by atoms with Crippen LogP contribution in [-0.2, 0) is 4.79 Å². The summed E-state index contributed by atoms with van der Waals surface area (Å²) in [5.41, 5.74) is 0. The van der Waals surface area contributed by atoms with Crippen molar-refractivity contribution in [3.8, 4) is 0 Å². The standard InChI is InChI=1S/C12H23NO/c1-3-13-12(14)9-11-6-4-5-10(2)7-8-11/h10-11H,3-9H2,1-2H3,(H,13,14). The van der Waals surface area contributed by atoms with Crippen LogP contribution in [-0.4, -0.2) is 12.5 Å². The molecule has 14 heavy (non-hydrogen) atoms. The Bertz CT molecular complexity index is 179. The van der Waals surface area contributed by atoms with Gasteiger partial charge in [0.05, 0.1) is 0 Å². The summed E-state index contributed by atoms with van der Waals surface area (Å²) >= 11 is 0. The SMILES string of the molecule is CCNC(=O)CC1CCCC(C)CC1. The van der Waals surface area contributed by atoms with E-state index >= 15 is 0 Å². The molecule has 0 heterocycles. The summed E-state index contributed by atoms with van der Waals surface area (Å²) in [6, 6.07) is 0. The molecule has 1 rings (SSSR count). The van der Waals surface area contributed by atoms with E-state index in [0.717, 1.165) is 18.9 Å². The normalized spacial score (nSPS) is 28.1. The highest BCUT2D eigenvalue weighted by molar-refractivity contribution is 5.76. The fourth-order valence-corrected chi connectivity index (χ4v) is 2.30. The molecule has 82 valence electrons. The summed E-state index contributed by atoms with van der Waals surface area (Å²) < 4.78 is 0. The monoisotopic (exact) mass is 197 g/mol. The van der Waals surface area contributed by atoms with Crippen LogP contribution in [0.5, 0.6) is 0 Å². The predicted molar refractivity (Wildman–Crippen MR) is 59.0 cm³/mol. The van der Waals surface area contributed by atoms with Gasteiger partial charge in [-0.2, -0.15) is 0 Å². The fourth-order valence-electron chi connectivity index (χ4n) is 2.30. The van der Waals surface area contributed by atoms with E-state index < -0.39 is 0 Å². The van der Waals surface area contributed by atoms with Gasteiger partial charge in [0.25, 0.3) is 0 Å². The minimum absolute atomic E-state index is 0.243. The summed E-state index contributed by atoms with van der Waals surface area (Å²) in [6.07, 6.45) is 7.22. The van der Waals surface area contributed by atoms with E-state index in [9.17, 15) is 4.79 Å². The molecule has 0 radical (unpaired) electrons. The van der Waals surface area contributed by atoms with E-state index in [4.69, 9.17) is 0 Å². The third-order valence-electron chi connectivity index (χ3n) is 3.23. The predicted octanol–water partition coefficient (Wildman–Crippen LogP) is 2.73. The van der Waals surface area contributed by atoms with Crippen LogP contribution in [0.2, 0.25) is 0 Å². The highest BCUT2D eigenvalue weighted by Gasteiger charge is 2.18. The van der Waals surface area contributed by atoms with Crippen molar-refractivity contribution in [3.63, 3.8) is 0 Å². The minimum Gasteiger partial charge on any atom is -0.356 e. The zero-order valence-electron chi connectivity index (χ0n) is 9.51. The lowest BCUT2D eigenvalue weighted by atomic mass is 9.95. The second kappa shape index (κ2) is 6.05. The molecule has 0 spiro atoms. The van der Waals surface area contributed by atoms with Gasteiger partial charge < -0.3 is 5.32 Å². The molecule has 0 bridgehead atoms. The maximum Gasteiger partial charge on any atom is 0.220 e. The van der Waals surface area contributed by atoms with E-state index in [1.165, 1.54) is 32.1 Å². The molecule has 1 N–H and O–H groups in total. The van der Waals surface area contributed by atoms with Crippen molar-refractivity contribution in [1.29, 1.82) is 0 Å². The number of hydrogen-bond acceptors (Lipinski definition) is 1. The van der Waals surface area contributed by atoms with Crippen LogP contribution in [0.15, 0.2) is 0 Å². The maximum absolute atomic E-state index is 11.4. The lowest BCUT2D eigenvalue weighted by molar-refractivity contribution is -0.122. The van der Waals surface area contributed by atoms with E-state index in [-0.39, 0.29) is 5.91 Å². The molecule has 2 nitrogen and oxygen atoms in total. The lowest BCUT2D eigenvalue weighted by Gasteiger charge is -2.13. The van der Waals surface area contributed by atoms with Gasteiger partial charge in [0.2, 0.25) is 5.91 Å².